The van der Waals surface area contributed by atoms with Crippen LogP contribution < -0.4 is 0 Å². The molecule has 1 fully saturated rings. The van der Waals surface area contributed by atoms with Crippen LogP contribution in [0.1, 0.15) is 33.1 Å². The van der Waals surface area contributed by atoms with Crippen LogP contribution in [0, 0.1) is 11.8 Å². The van der Waals surface area contributed by atoms with E-state index in [0.29, 0.717) is 18.8 Å². The van der Waals surface area contributed by atoms with Gasteiger partial charge in [0.2, 0.25) is 0 Å². The van der Waals surface area contributed by atoms with Gasteiger partial charge >= 0.3 is 0 Å². The van der Waals surface area contributed by atoms with Gasteiger partial charge in [-0.15, -0.1) is 0 Å². The van der Waals surface area contributed by atoms with Gasteiger partial charge in [0.05, 0.1) is 0 Å². The molecule has 0 saturated heterocycles. The van der Waals surface area contributed by atoms with Crippen molar-refractivity contribution >= 4 is 11.6 Å². The highest BCUT2D eigenvalue weighted by Gasteiger charge is 2.28. The molecule has 2 atom stereocenters. The minimum atomic E-state index is 0.0104. The van der Waals surface area contributed by atoms with Crippen LogP contribution in [0.5, 0.6) is 0 Å². The summed E-state index contributed by atoms with van der Waals surface area (Å²) in [5.74, 6) is 0.843. The topological polar surface area (TPSA) is 34.1 Å². The molecule has 0 aromatic rings. The molecule has 1 rings (SSSR count). The van der Waals surface area contributed by atoms with E-state index in [1.165, 1.54) is 0 Å². The Kier molecular flexibility index (Phi) is 2.42. The molecular weight excluding hydrogens is 140 g/mol. The van der Waals surface area contributed by atoms with E-state index in [1.54, 1.807) is 6.92 Å². The van der Waals surface area contributed by atoms with Gasteiger partial charge in [-0.1, -0.05) is 6.92 Å². The van der Waals surface area contributed by atoms with Crippen molar-refractivity contribution < 1.29 is 9.59 Å². The molecule has 1 aliphatic rings. The smallest absolute Gasteiger partial charge is 0.133 e. The van der Waals surface area contributed by atoms with Crippen molar-refractivity contribution in [2.75, 3.05) is 0 Å². The first-order valence-electron chi connectivity index (χ1n) is 4.13. The third-order valence-electron chi connectivity index (χ3n) is 2.54. The van der Waals surface area contributed by atoms with Crippen molar-refractivity contribution in [3.05, 3.63) is 0 Å². The molecule has 0 aliphatic heterocycles. The molecule has 2 heteroatoms. The summed E-state index contributed by atoms with van der Waals surface area (Å²) in [6, 6.07) is 0. The largest absolute Gasteiger partial charge is 0.300 e. The van der Waals surface area contributed by atoms with Gasteiger partial charge in [-0.2, -0.15) is 0 Å². The zero-order valence-electron chi connectivity index (χ0n) is 7.09. The van der Waals surface area contributed by atoms with E-state index in [1.807, 2.05) is 0 Å². The Bertz CT molecular complexity index is 184. The Morgan fingerprint density at radius 1 is 1.55 bits per heavy atom. The van der Waals surface area contributed by atoms with Crippen molar-refractivity contribution in [3.8, 4) is 0 Å². The highest BCUT2D eigenvalue weighted by atomic mass is 16.1. The van der Waals surface area contributed by atoms with Crippen LogP contribution in [0.2, 0.25) is 0 Å². The van der Waals surface area contributed by atoms with Gasteiger partial charge in [0, 0.05) is 18.8 Å². The Hall–Kier alpha value is -0.660. The van der Waals surface area contributed by atoms with Crippen LogP contribution >= 0.6 is 0 Å². The number of rotatable bonds is 1. The SMILES string of the molecule is CC(=O)[C@H]1CC(=O)CC[C@@H]1C. The summed E-state index contributed by atoms with van der Waals surface area (Å²) in [5, 5.41) is 0. The first-order chi connectivity index (χ1) is 5.11. The highest BCUT2D eigenvalue weighted by molar-refractivity contribution is 5.88. The van der Waals surface area contributed by atoms with Gasteiger partial charge in [0.1, 0.15) is 11.6 Å². The van der Waals surface area contributed by atoms with E-state index in [2.05, 4.69) is 6.92 Å². The average molecular weight is 154 g/mol. The zero-order chi connectivity index (χ0) is 8.43. The standard InChI is InChI=1S/C9H14O2/c1-6-3-4-8(11)5-9(6)7(2)10/h6,9H,3-5H2,1-2H3/t6-,9-/m0/s1. The van der Waals surface area contributed by atoms with Crippen molar-refractivity contribution in [2.45, 2.75) is 33.1 Å². The van der Waals surface area contributed by atoms with Crippen molar-refractivity contribution in [1.82, 2.24) is 0 Å². The Balaban J connectivity index is 2.61. The monoisotopic (exact) mass is 154 g/mol. The van der Waals surface area contributed by atoms with E-state index in [-0.39, 0.29) is 17.5 Å². The number of carbonyl (C=O) groups is 2. The fourth-order valence-corrected chi connectivity index (χ4v) is 1.68. The Morgan fingerprint density at radius 3 is 2.64 bits per heavy atom. The maximum absolute atomic E-state index is 11.0. The lowest BCUT2D eigenvalue weighted by atomic mass is 9.78. The molecule has 0 amide bonds. The zero-order valence-corrected chi connectivity index (χ0v) is 7.09. The lowest BCUT2D eigenvalue weighted by Gasteiger charge is -2.25. The van der Waals surface area contributed by atoms with Gasteiger partial charge in [0.15, 0.2) is 0 Å². The number of Topliss-reactive ketones (excluding diaryl/α,β-unsaturated/α-hetero) is 2. The van der Waals surface area contributed by atoms with Crippen LogP contribution in [0.3, 0.4) is 0 Å². The second-order valence-electron chi connectivity index (χ2n) is 3.48. The Labute approximate surface area is 67.0 Å². The fraction of sp³-hybridized carbons (Fsp3) is 0.778. The molecular formula is C9H14O2. The minimum absolute atomic E-state index is 0.0104. The van der Waals surface area contributed by atoms with E-state index in [9.17, 15) is 9.59 Å². The first-order valence-corrected chi connectivity index (χ1v) is 4.13. The molecule has 0 aromatic carbocycles. The third kappa shape index (κ3) is 1.88. The molecule has 0 radical (unpaired) electrons. The number of hydrogen-bond acceptors (Lipinski definition) is 2. The molecule has 0 spiro atoms. The third-order valence-corrected chi connectivity index (χ3v) is 2.54. The molecule has 0 bridgehead atoms. The van der Waals surface area contributed by atoms with Crippen LogP contribution in [-0.2, 0) is 9.59 Å². The highest BCUT2D eigenvalue weighted by Crippen LogP contribution is 2.27. The van der Waals surface area contributed by atoms with E-state index >= 15 is 0 Å². The maximum Gasteiger partial charge on any atom is 0.133 e. The maximum atomic E-state index is 11.0. The normalized spacial score (nSPS) is 32.0. The number of carbonyl (C=O) groups excluding carboxylic acids is 2. The molecule has 11 heavy (non-hydrogen) atoms. The summed E-state index contributed by atoms with van der Waals surface area (Å²) in [6.45, 7) is 3.64. The quantitative estimate of drug-likeness (QED) is 0.574. The predicted molar refractivity (Wildman–Crippen MR) is 42.2 cm³/mol. The molecule has 1 saturated carbocycles. The van der Waals surface area contributed by atoms with Crippen LogP contribution in [0.25, 0.3) is 0 Å². The molecule has 62 valence electrons. The summed E-state index contributed by atoms with van der Waals surface area (Å²) < 4.78 is 0. The molecule has 2 nitrogen and oxygen atoms in total. The van der Waals surface area contributed by atoms with Crippen LogP contribution in [0.15, 0.2) is 0 Å². The second-order valence-corrected chi connectivity index (χ2v) is 3.48. The van der Waals surface area contributed by atoms with Crippen molar-refractivity contribution in [2.24, 2.45) is 11.8 Å². The summed E-state index contributed by atoms with van der Waals surface area (Å²) >= 11 is 0. The van der Waals surface area contributed by atoms with Gasteiger partial charge < -0.3 is 0 Å². The van der Waals surface area contributed by atoms with E-state index in [0.717, 1.165) is 6.42 Å². The summed E-state index contributed by atoms with van der Waals surface area (Å²) in [7, 11) is 0. The van der Waals surface area contributed by atoms with E-state index in [4.69, 9.17) is 0 Å². The predicted octanol–water partition coefficient (Wildman–Crippen LogP) is 1.58. The first kappa shape index (κ1) is 8.44. The Morgan fingerprint density at radius 2 is 2.18 bits per heavy atom. The van der Waals surface area contributed by atoms with Crippen molar-refractivity contribution in [1.29, 1.82) is 0 Å². The molecule has 0 N–H and O–H groups in total. The summed E-state index contributed by atoms with van der Waals surface area (Å²) in [6.07, 6.45) is 2.05. The second kappa shape index (κ2) is 3.16. The summed E-state index contributed by atoms with van der Waals surface area (Å²) in [5.41, 5.74) is 0. The van der Waals surface area contributed by atoms with Crippen LogP contribution in [0.4, 0.5) is 0 Å². The van der Waals surface area contributed by atoms with Gasteiger partial charge in [-0.05, 0) is 19.3 Å². The van der Waals surface area contributed by atoms with E-state index < -0.39 is 0 Å². The molecule has 0 unspecified atom stereocenters. The van der Waals surface area contributed by atoms with Crippen molar-refractivity contribution in [3.63, 3.8) is 0 Å². The van der Waals surface area contributed by atoms with Gasteiger partial charge in [-0.3, -0.25) is 9.59 Å². The lowest BCUT2D eigenvalue weighted by molar-refractivity contribution is -0.130. The molecule has 1 aliphatic carbocycles. The molecule has 0 heterocycles. The summed E-state index contributed by atoms with van der Waals surface area (Å²) in [4.78, 5) is 22.0. The number of hydrogen-bond donors (Lipinski definition) is 0. The number of ketones is 2. The average Bonchev–Trinajstić information content (AvgIpc) is 1.94. The minimum Gasteiger partial charge on any atom is -0.300 e. The molecule has 0 aromatic heterocycles. The fourth-order valence-electron chi connectivity index (χ4n) is 1.68. The van der Waals surface area contributed by atoms with Gasteiger partial charge in [-0.25, -0.2) is 0 Å². The van der Waals surface area contributed by atoms with Gasteiger partial charge in [0.25, 0.3) is 0 Å². The van der Waals surface area contributed by atoms with Crippen LogP contribution in [-0.4, -0.2) is 11.6 Å². The lowest BCUT2D eigenvalue weighted by Crippen LogP contribution is -2.27.